The van der Waals surface area contributed by atoms with Crippen LogP contribution in [0, 0.1) is 0 Å². The first-order valence-corrected chi connectivity index (χ1v) is 11.4. The fraction of sp³-hybridized carbons (Fsp3) is 0.263. The maximum absolute atomic E-state index is 12.6. The van der Waals surface area contributed by atoms with Gasteiger partial charge in [0.05, 0.1) is 6.26 Å². The molecule has 3 rings (SSSR count). The number of benzene rings is 1. The van der Waals surface area contributed by atoms with E-state index in [-0.39, 0.29) is 0 Å². The standard InChI is InChI=1S/C19H22N4O3S2/c1-15-18(21-14-24)23(28(2,25)26)19(27-15)22(12-16-6-4-3-5-7-16)13-17-8-10-20-11-9-17/h3-11,14,19H,12-13H2,1-2H3,(H,21,24). The highest BCUT2D eigenvalue weighted by Crippen LogP contribution is 2.41. The van der Waals surface area contributed by atoms with Gasteiger partial charge in [0.15, 0.2) is 5.50 Å². The lowest BCUT2D eigenvalue weighted by Gasteiger charge is -2.35. The molecule has 0 fully saturated rings. The molecule has 1 atom stereocenters. The monoisotopic (exact) mass is 418 g/mol. The minimum atomic E-state index is -3.61. The average Bonchev–Trinajstić information content (AvgIpc) is 3.00. The molecular formula is C19H22N4O3S2. The summed E-state index contributed by atoms with van der Waals surface area (Å²) < 4.78 is 26.4. The van der Waals surface area contributed by atoms with Gasteiger partial charge >= 0.3 is 0 Å². The zero-order valence-electron chi connectivity index (χ0n) is 15.6. The Morgan fingerprint density at radius 2 is 1.75 bits per heavy atom. The molecule has 0 saturated heterocycles. The number of sulfonamides is 1. The predicted molar refractivity (Wildman–Crippen MR) is 110 cm³/mol. The van der Waals surface area contributed by atoms with Gasteiger partial charge in [-0.15, -0.1) is 0 Å². The molecule has 0 bridgehead atoms. The van der Waals surface area contributed by atoms with Crippen LogP contribution in [0.5, 0.6) is 0 Å². The van der Waals surface area contributed by atoms with E-state index in [9.17, 15) is 13.2 Å². The zero-order chi connectivity index (χ0) is 20.1. The molecule has 0 spiro atoms. The summed E-state index contributed by atoms with van der Waals surface area (Å²) in [4.78, 5) is 17.9. The van der Waals surface area contributed by atoms with Gasteiger partial charge in [-0.1, -0.05) is 42.1 Å². The second-order valence-electron chi connectivity index (χ2n) is 6.42. The summed E-state index contributed by atoms with van der Waals surface area (Å²) in [6.45, 7) is 2.89. The van der Waals surface area contributed by atoms with Crippen LogP contribution in [0.4, 0.5) is 0 Å². The van der Waals surface area contributed by atoms with E-state index in [2.05, 4.69) is 15.2 Å². The van der Waals surface area contributed by atoms with E-state index in [1.54, 1.807) is 12.4 Å². The molecule has 2 heterocycles. The average molecular weight is 419 g/mol. The van der Waals surface area contributed by atoms with Gasteiger partial charge < -0.3 is 5.32 Å². The van der Waals surface area contributed by atoms with Crippen LogP contribution in [0.1, 0.15) is 18.1 Å². The van der Waals surface area contributed by atoms with Crippen molar-refractivity contribution in [3.8, 4) is 0 Å². The van der Waals surface area contributed by atoms with E-state index in [1.165, 1.54) is 16.1 Å². The van der Waals surface area contributed by atoms with Crippen LogP contribution in [-0.4, -0.2) is 40.8 Å². The SMILES string of the molecule is CC1=C(NC=O)N(S(C)(=O)=O)C(N(Cc2ccccc2)Cc2ccncc2)S1. The maximum atomic E-state index is 12.6. The Morgan fingerprint density at radius 3 is 2.32 bits per heavy atom. The number of nitrogens with one attached hydrogen (secondary N) is 1. The first-order chi connectivity index (χ1) is 13.4. The van der Waals surface area contributed by atoms with Gasteiger partial charge in [-0.25, -0.2) is 12.7 Å². The number of hydrogen-bond acceptors (Lipinski definition) is 6. The molecule has 1 aliphatic heterocycles. The van der Waals surface area contributed by atoms with Crippen LogP contribution in [0.15, 0.2) is 65.6 Å². The van der Waals surface area contributed by atoms with Crippen molar-refractivity contribution in [2.45, 2.75) is 25.5 Å². The third-order valence-corrected chi connectivity index (χ3v) is 6.76. The zero-order valence-corrected chi connectivity index (χ0v) is 17.3. The van der Waals surface area contributed by atoms with Crippen molar-refractivity contribution in [2.75, 3.05) is 6.26 Å². The Kier molecular flexibility index (Phi) is 6.38. The number of pyridine rings is 1. The molecule has 7 nitrogen and oxygen atoms in total. The Hall–Kier alpha value is -2.36. The number of carbonyl (C=O) groups excluding carboxylic acids is 1. The lowest BCUT2D eigenvalue weighted by Crippen LogP contribution is -2.47. The van der Waals surface area contributed by atoms with E-state index in [1.807, 2.05) is 49.4 Å². The number of thioether (sulfide) groups is 1. The fourth-order valence-corrected chi connectivity index (χ4v) is 5.78. The molecule has 28 heavy (non-hydrogen) atoms. The van der Waals surface area contributed by atoms with Crippen molar-refractivity contribution in [3.05, 3.63) is 76.7 Å². The maximum Gasteiger partial charge on any atom is 0.235 e. The first-order valence-electron chi connectivity index (χ1n) is 8.64. The van der Waals surface area contributed by atoms with Gasteiger partial charge in [-0.05, 0) is 30.2 Å². The fourth-order valence-electron chi connectivity index (χ4n) is 3.05. The smallest absolute Gasteiger partial charge is 0.235 e. The molecule has 1 amide bonds. The van der Waals surface area contributed by atoms with Gasteiger partial charge in [0.2, 0.25) is 16.4 Å². The number of hydrogen-bond donors (Lipinski definition) is 1. The molecule has 0 aliphatic carbocycles. The quantitative estimate of drug-likeness (QED) is 0.663. The summed E-state index contributed by atoms with van der Waals surface area (Å²) >= 11 is 1.41. The Balaban J connectivity index is 1.97. The van der Waals surface area contributed by atoms with Crippen molar-refractivity contribution >= 4 is 28.2 Å². The number of aromatic nitrogens is 1. The Morgan fingerprint density at radius 1 is 1.14 bits per heavy atom. The third-order valence-electron chi connectivity index (χ3n) is 4.27. The lowest BCUT2D eigenvalue weighted by atomic mass is 10.2. The van der Waals surface area contributed by atoms with E-state index < -0.39 is 15.5 Å². The molecule has 1 aromatic carbocycles. The minimum absolute atomic E-state index is 0.306. The van der Waals surface area contributed by atoms with Crippen LogP contribution in [0.25, 0.3) is 0 Å². The number of amides is 1. The van der Waals surface area contributed by atoms with Crippen molar-refractivity contribution in [1.82, 2.24) is 19.5 Å². The topological polar surface area (TPSA) is 82.6 Å². The Bertz CT molecular complexity index is 908. The summed E-state index contributed by atoms with van der Waals surface area (Å²) in [5.74, 6) is 0.306. The van der Waals surface area contributed by atoms with Crippen LogP contribution in [0.2, 0.25) is 0 Å². The number of rotatable bonds is 8. The van der Waals surface area contributed by atoms with Crippen LogP contribution in [0.3, 0.4) is 0 Å². The van der Waals surface area contributed by atoms with Gasteiger partial charge in [-0.2, -0.15) is 0 Å². The van der Waals surface area contributed by atoms with E-state index in [0.29, 0.717) is 25.3 Å². The highest BCUT2D eigenvalue weighted by molar-refractivity contribution is 8.04. The molecule has 1 aromatic heterocycles. The summed E-state index contributed by atoms with van der Waals surface area (Å²) in [6.07, 6.45) is 5.09. The normalized spacial score (nSPS) is 17.2. The third kappa shape index (κ3) is 4.73. The van der Waals surface area contributed by atoms with Crippen molar-refractivity contribution in [1.29, 1.82) is 0 Å². The van der Waals surface area contributed by atoms with E-state index >= 15 is 0 Å². The molecule has 1 aliphatic rings. The van der Waals surface area contributed by atoms with Gasteiger partial charge in [-0.3, -0.25) is 14.7 Å². The van der Waals surface area contributed by atoms with E-state index in [4.69, 9.17) is 0 Å². The summed E-state index contributed by atoms with van der Waals surface area (Å²) in [7, 11) is -3.61. The summed E-state index contributed by atoms with van der Waals surface area (Å²) in [6, 6.07) is 13.7. The van der Waals surface area contributed by atoms with Gasteiger partial charge in [0.1, 0.15) is 5.82 Å². The molecule has 9 heteroatoms. The largest absolute Gasteiger partial charge is 0.313 e. The molecule has 0 saturated carbocycles. The molecule has 2 aromatic rings. The van der Waals surface area contributed by atoms with Crippen molar-refractivity contribution in [2.24, 2.45) is 0 Å². The van der Waals surface area contributed by atoms with E-state index in [0.717, 1.165) is 22.3 Å². The molecule has 1 unspecified atom stereocenters. The highest BCUT2D eigenvalue weighted by Gasteiger charge is 2.40. The van der Waals surface area contributed by atoms with Crippen LogP contribution >= 0.6 is 11.8 Å². The minimum Gasteiger partial charge on any atom is -0.313 e. The first kappa shape index (κ1) is 20.4. The molecule has 148 valence electrons. The highest BCUT2D eigenvalue weighted by atomic mass is 32.2. The molecular weight excluding hydrogens is 396 g/mol. The van der Waals surface area contributed by atoms with Gasteiger partial charge in [0.25, 0.3) is 0 Å². The van der Waals surface area contributed by atoms with Gasteiger partial charge in [0, 0.05) is 30.4 Å². The summed E-state index contributed by atoms with van der Waals surface area (Å²) in [5, 5.41) is 2.55. The number of nitrogens with zero attached hydrogens (tertiary/aromatic N) is 3. The van der Waals surface area contributed by atoms with Crippen LogP contribution < -0.4 is 5.32 Å². The lowest BCUT2D eigenvalue weighted by molar-refractivity contribution is -0.109. The second kappa shape index (κ2) is 8.76. The molecule has 1 N–H and O–H groups in total. The van der Waals surface area contributed by atoms with Crippen molar-refractivity contribution in [3.63, 3.8) is 0 Å². The van der Waals surface area contributed by atoms with Crippen molar-refractivity contribution < 1.29 is 13.2 Å². The Labute approximate surface area is 169 Å². The number of carbonyl (C=O) groups is 1. The number of allylic oxidation sites excluding steroid dienone is 1. The second-order valence-corrected chi connectivity index (χ2v) is 9.55. The van der Waals surface area contributed by atoms with Crippen LogP contribution in [-0.2, 0) is 27.9 Å². The summed E-state index contributed by atoms with van der Waals surface area (Å²) in [5.41, 5.74) is 1.58. The molecule has 0 radical (unpaired) electrons. The predicted octanol–water partition coefficient (Wildman–Crippen LogP) is 2.31.